The van der Waals surface area contributed by atoms with Crippen molar-refractivity contribution in [2.45, 2.75) is 38.6 Å². The highest BCUT2D eigenvalue weighted by Gasteiger charge is 2.39. The first kappa shape index (κ1) is 20.2. The quantitative estimate of drug-likeness (QED) is 0.672. The molecule has 1 aliphatic rings. The van der Waals surface area contributed by atoms with E-state index in [2.05, 4.69) is 10.6 Å². The highest BCUT2D eigenvalue weighted by Crippen LogP contribution is 2.26. The number of rotatable bonds is 7. The van der Waals surface area contributed by atoms with Gasteiger partial charge in [0.15, 0.2) is 0 Å². The molecule has 7 nitrogen and oxygen atoms in total. The van der Waals surface area contributed by atoms with Gasteiger partial charge in [-0.2, -0.15) is 0 Å². The predicted octanol–water partition coefficient (Wildman–Crippen LogP) is 2.69. The van der Waals surface area contributed by atoms with Gasteiger partial charge >= 0.3 is 5.97 Å². The summed E-state index contributed by atoms with van der Waals surface area (Å²) in [6.07, 6.45) is 0.540. The zero-order chi connectivity index (χ0) is 19.3. The van der Waals surface area contributed by atoms with Crippen LogP contribution in [0.25, 0.3) is 0 Å². The fourth-order valence-electron chi connectivity index (χ4n) is 2.85. The van der Waals surface area contributed by atoms with E-state index < -0.39 is 17.4 Å². The Hall–Kier alpha value is -2.12. The van der Waals surface area contributed by atoms with E-state index in [-0.39, 0.29) is 35.4 Å². The van der Waals surface area contributed by atoms with Crippen molar-refractivity contribution < 1.29 is 24.2 Å². The molecule has 3 N–H and O–H groups in total. The molecular formula is C18H23ClN2O5. The Labute approximate surface area is 157 Å². The first-order valence-electron chi connectivity index (χ1n) is 8.42. The Balaban J connectivity index is 2.16. The largest absolute Gasteiger partial charge is 0.481 e. The summed E-state index contributed by atoms with van der Waals surface area (Å²) in [6.45, 7) is 4.39. The van der Waals surface area contributed by atoms with Crippen molar-refractivity contribution in [1.82, 2.24) is 5.32 Å². The molecule has 26 heavy (non-hydrogen) atoms. The van der Waals surface area contributed by atoms with Crippen LogP contribution in [0.4, 0.5) is 5.69 Å². The average molecular weight is 383 g/mol. The van der Waals surface area contributed by atoms with Gasteiger partial charge in [0, 0.05) is 18.7 Å². The number of halogens is 1. The molecule has 0 aromatic heterocycles. The van der Waals surface area contributed by atoms with E-state index in [1.165, 1.54) is 12.1 Å². The standard InChI is InChI=1S/C18H23ClN2O5/c1-11(2)7-15(22)20-12-3-4-14(19)13(8-12)17(25)21-18(9-16(23)24)5-6-26-10-18/h3-4,8,11H,5-7,9-10H2,1-2H3,(H,20,22)(H,21,25)(H,23,24). The van der Waals surface area contributed by atoms with Crippen molar-refractivity contribution in [3.63, 3.8) is 0 Å². The lowest BCUT2D eigenvalue weighted by atomic mass is 9.93. The number of carbonyl (C=O) groups excluding carboxylic acids is 2. The second kappa shape index (κ2) is 8.51. The monoisotopic (exact) mass is 382 g/mol. The molecule has 0 aliphatic carbocycles. The lowest BCUT2D eigenvalue weighted by molar-refractivity contribution is -0.138. The van der Waals surface area contributed by atoms with Crippen LogP contribution in [0.15, 0.2) is 18.2 Å². The number of carbonyl (C=O) groups is 3. The number of hydrogen-bond donors (Lipinski definition) is 3. The fourth-order valence-corrected chi connectivity index (χ4v) is 3.05. The third-order valence-electron chi connectivity index (χ3n) is 4.06. The van der Waals surface area contributed by atoms with E-state index in [0.717, 1.165) is 0 Å². The summed E-state index contributed by atoms with van der Waals surface area (Å²) in [4.78, 5) is 35.7. The molecule has 0 radical (unpaired) electrons. The number of carboxylic acids is 1. The second-order valence-corrected chi connectivity index (χ2v) is 7.36. The number of aliphatic carboxylic acids is 1. The maximum Gasteiger partial charge on any atom is 0.305 e. The van der Waals surface area contributed by atoms with E-state index in [9.17, 15) is 14.4 Å². The number of amides is 2. The van der Waals surface area contributed by atoms with Crippen LogP contribution in [-0.4, -0.2) is 41.6 Å². The molecule has 0 saturated carbocycles. The topological polar surface area (TPSA) is 105 Å². The number of hydrogen-bond acceptors (Lipinski definition) is 4. The minimum Gasteiger partial charge on any atom is -0.481 e. The van der Waals surface area contributed by atoms with Crippen molar-refractivity contribution in [3.05, 3.63) is 28.8 Å². The minimum atomic E-state index is -1.02. The van der Waals surface area contributed by atoms with Gasteiger partial charge in [-0.25, -0.2) is 0 Å². The lowest BCUT2D eigenvalue weighted by Crippen LogP contribution is -2.50. The minimum absolute atomic E-state index is 0.132. The summed E-state index contributed by atoms with van der Waals surface area (Å²) in [7, 11) is 0. The Kier molecular flexibility index (Phi) is 6.61. The molecule has 1 aromatic rings. The van der Waals surface area contributed by atoms with Gasteiger partial charge in [-0.05, 0) is 30.5 Å². The van der Waals surface area contributed by atoms with E-state index in [4.69, 9.17) is 21.4 Å². The Morgan fingerprint density at radius 3 is 2.65 bits per heavy atom. The molecule has 1 fully saturated rings. The fraction of sp³-hybridized carbons (Fsp3) is 0.500. The molecule has 0 spiro atoms. The van der Waals surface area contributed by atoms with E-state index in [1.807, 2.05) is 13.8 Å². The van der Waals surface area contributed by atoms with Gasteiger partial charge in [0.1, 0.15) is 0 Å². The zero-order valence-electron chi connectivity index (χ0n) is 14.8. The summed E-state index contributed by atoms with van der Waals surface area (Å²) in [5, 5.41) is 14.8. The highest BCUT2D eigenvalue weighted by molar-refractivity contribution is 6.34. The van der Waals surface area contributed by atoms with Gasteiger partial charge in [0.05, 0.1) is 29.2 Å². The van der Waals surface area contributed by atoms with Crippen LogP contribution < -0.4 is 10.6 Å². The summed E-state index contributed by atoms with van der Waals surface area (Å²) < 4.78 is 5.27. The normalized spacial score (nSPS) is 19.4. The van der Waals surface area contributed by atoms with Gasteiger partial charge in [0.25, 0.3) is 5.91 Å². The highest BCUT2D eigenvalue weighted by atomic mass is 35.5. The van der Waals surface area contributed by atoms with Gasteiger partial charge in [-0.3, -0.25) is 14.4 Å². The average Bonchev–Trinajstić information content (AvgIpc) is 2.95. The molecule has 1 aromatic carbocycles. The second-order valence-electron chi connectivity index (χ2n) is 6.95. The van der Waals surface area contributed by atoms with Crippen LogP contribution in [0.3, 0.4) is 0 Å². The van der Waals surface area contributed by atoms with Crippen molar-refractivity contribution in [3.8, 4) is 0 Å². The van der Waals surface area contributed by atoms with Crippen LogP contribution in [0, 0.1) is 5.92 Å². The van der Waals surface area contributed by atoms with Crippen LogP contribution in [0.2, 0.25) is 5.02 Å². The van der Waals surface area contributed by atoms with E-state index in [1.54, 1.807) is 6.07 Å². The summed E-state index contributed by atoms with van der Waals surface area (Å²) in [5.74, 6) is -1.46. The molecule has 0 bridgehead atoms. The number of carboxylic acid groups (broad SMARTS) is 1. The van der Waals surface area contributed by atoms with Crippen molar-refractivity contribution in [2.24, 2.45) is 5.92 Å². The smallest absolute Gasteiger partial charge is 0.305 e. The Morgan fingerprint density at radius 1 is 1.35 bits per heavy atom. The molecule has 142 valence electrons. The van der Waals surface area contributed by atoms with Crippen LogP contribution in [-0.2, 0) is 14.3 Å². The zero-order valence-corrected chi connectivity index (χ0v) is 15.6. The predicted molar refractivity (Wildman–Crippen MR) is 97.4 cm³/mol. The maximum atomic E-state index is 12.7. The first-order chi connectivity index (χ1) is 12.2. The summed E-state index contributed by atoms with van der Waals surface area (Å²) >= 11 is 6.13. The SMILES string of the molecule is CC(C)CC(=O)Nc1ccc(Cl)c(C(=O)NC2(CC(=O)O)CCOC2)c1. The van der Waals surface area contributed by atoms with Crippen molar-refractivity contribution in [2.75, 3.05) is 18.5 Å². The molecule has 1 heterocycles. The van der Waals surface area contributed by atoms with Crippen molar-refractivity contribution >= 4 is 35.1 Å². The molecule has 1 unspecified atom stereocenters. The molecular weight excluding hydrogens is 360 g/mol. The molecule has 1 aliphatic heterocycles. The summed E-state index contributed by atoms with van der Waals surface area (Å²) in [5.41, 5.74) is -0.325. The summed E-state index contributed by atoms with van der Waals surface area (Å²) in [6, 6.07) is 4.62. The molecule has 1 saturated heterocycles. The number of benzene rings is 1. The van der Waals surface area contributed by atoms with Crippen LogP contribution >= 0.6 is 11.6 Å². The van der Waals surface area contributed by atoms with Gasteiger partial charge in [-0.1, -0.05) is 25.4 Å². The van der Waals surface area contributed by atoms with E-state index >= 15 is 0 Å². The van der Waals surface area contributed by atoms with Gasteiger partial charge in [-0.15, -0.1) is 0 Å². The third-order valence-corrected chi connectivity index (χ3v) is 4.39. The number of nitrogens with one attached hydrogen (secondary N) is 2. The number of ether oxygens (including phenoxy) is 1. The van der Waals surface area contributed by atoms with E-state index in [0.29, 0.717) is 25.1 Å². The van der Waals surface area contributed by atoms with Gasteiger partial charge < -0.3 is 20.5 Å². The molecule has 2 amide bonds. The van der Waals surface area contributed by atoms with Crippen molar-refractivity contribution in [1.29, 1.82) is 0 Å². The van der Waals surface area contributed by atoms with Crippen LogP contribution in [0.1, 0.15) is 43.5 Å². The van der Waals surface area contributed by atoms with Crippen LogP contribution in [0.5, 0.6) is 0 Å². The molecule has 8 heteroatoms. The van der Waals surface area contributed by atoms with Gasteiger partial charge in [0.2, 0.25) is 5.91 Å². The Morgan fingerprint density at radius 2 is 2.08 bits per heavy atom. The molecule has 1 atom stereocenters. The Bertz CT molecular complexity index is 699. The number of anilines is 1. The lowest BCUT2D eigenvalue weighted by Gasteiger charge is -2.27. The third kappa shape index (κ3) is 5.44. The molecule has 2 rings (SSSR count). The maximum absolute atomic E-state index is 12.7. The first-order valence-corrected chi connectivity index (χ1v) is 8.80.